The summed E-state index contributed by atoms with van der Waals surface area (Å²) in [4.78, 5) is 40.7. The third-order valence-electron chi connectivity index (χ3n) is 6.28. The van der Waals surface area contributed by atoms with Crippen molar-refractivity contribution in [3.8, 4) is 11.5 Å². The Balaban J connectivity index is 1.63. The summed E-state index contributed by atoms with van der Waals surface area (Å²) in [7, 11) is 1.48. The number of nitrogens with one attached hydrogen (secondary N) is 1. The first-order chi connectivity index (χ1) is 19.0. The second-order valence-electron chi connectivity index (χ2n) is 8.79. The van der Waals surface area contributed by atoms with E-state index >= 15 is 0 Å². The van der Waals surface area contributed by atoms with E-state index in [9.17, 15) is 36.3 Å². The van der Waals surface area contributed by atoms with Crippen molar-refractivity contribution in [3.05, 3.63) is 82.3 Å². The van der Waals surface area contributed by atoms with Gasteiger partial charge in [0.15, 0.2) is 0 Å². The maximum absolute atomic E-state index is 13.6. The summed E-state index contributed by atoms with van der Waals surface area (Å²) in [6.07, 6.45) is -4.68. The fraction of sp³-hybridized carbons (Fsp3) is 0.308. The van der Waals surface area contributed by atoms with Crippen molar-refractivity contribution in [1.29, 1.82) is 0 Å². The number of amides is 2. The van der Waals surface area contributed by atoms with Gasteiger partial charge >= 0.3 is 12.8 Å². The van der Waals surface area contributed by atoms with Gasteiger partial charge in [-0.25, -0.2) is 4.68 Å². The number of rotatable bonds is 9. The van der Waals surface area contributed by atoms with Crippen molar-refractivity contribution in [2.24, 2.45) is 0 Å². The van der Waals surface area contributed by atoms with Crippen molar-refractivity contribution in [2.75, 3.05) is 18.6 Å². The van der Waals surface area contributed by atoms with E-state index < -0.39 is 55.1 Å². The van der Waals surface area contributed by atoms with Crippen LogP contribution in [0.4, 0.5) is 27.6 Å². The van der Waals surface area contributed by atoms with Gasteiger partial charge in [-0.1, -0.05) is 12.1 Å². The van der Waals surface area contributed by atoms with E-state index in [0.29, 0.717) is 16.0 Å². The van der Waals surface area contributed by atoms with Crippen molar-refractivity contribution < 1.29 is 41.0 Å². The molecular formula is C26H23F5N4O5. The molecule has 2 amide bonds. The van der Waals surface area contributed by atoms with Crippen molar-refractivity contribution >= 4 is 17.5 Å². The molecule has 9 nitrogen and oxygen atoms in total. The van der Waals surface area contributed by atoms with Crippen LogP contribution in [0, 0.1) is 0 Å². The highest BCUT2D eigenvalue weighted by Gasteiger charge is 2.44. The van der Waals surface area contributed by atoms with Crippen LogP contribution in [0.1, 0.15) is 28.3 Å². The molecule has 0 radical (unpaired) electrons. The molecule has 212 valence electrons. The average molecular weight is 566 g/mol. The zero-order valence-electron chi connectivity index (χ0n) is 20.9. The molecule has 1 aromatic heterocycles. The quantitative estimate of drug-likeness (QED) is 0.396. The summed E-state index contributed by atoms with van der Waals surface area (Å²) in [5.41, 5.74) is -0.407. The van der Waals surface area contributed by atoms with Gasteiger partial charge < -0.3 is 19.7 Å². The van der Waals surface area contributed by atoms with E-state index in [1.807, 2.05) is 0 Å². The van der Waals surface area contributed by atoms with Crippen molar-refractivity contribution in [2.45, 2.75) is 37.7 Å². The predicted octanol–water partition coefficient (Wildman–Crippen LogP) is 3.73. The summed E-state index contributed by atoms with van der Waals surface area (Å²) in [6, 6.07) is 11.6. The Morgan fingerprint density at radius 3 is 2.30 bits per heavy atom. The SMILES string of the molecule is COc1ccc([C@@H]2CN(c3ccnn(CCC(F)(F)F)c3=O)C(=O)C2NC(=O)c2ccc(OC(F)F)cc2)cc1. The van der Waals surface area contributed by atoms with Crippen LogP contribution in [-0.4, -0.2) is 54.1 Å². The minimum absolute atomic E-state index is 0.0553. The summed E-state index contributed by atoms with van der Waals surface area (Å²) in [5.74, 6) is -1.65. The average Bonchev–Trinajstić information content (AvgIpc) is 3.23. The van der Waals surface area contributed by atoms with Gasteiger partial charge in [0.2, 0.25) is 5.91 Å². The number of benzene rings is 2. The van der Waals surface area contributed by atoms with Crippen LogP contribution < -0.4 is 25.2 Å². The molecule has 1 N–H and O–H groups in total. The number of methoxy groups -OCH3 is 1. The lowest BCUT2D eigenvalue weighted by Gasteiger charge is -2.19. The first-order valence-electron chi connectivity index (χ1n) is 11.9. The number of aryl methyl sites for hydroxylation is 1. The minimum Gasteiger partial charge on any atom is -0.497 e. The molecule has 14 heteroatoms. The number of carbonyl (C=O) groups excluding carboxylic acids is 2. The van der Waals surface area contributed by atoms with Gasteiger partial charge in [-0.3, -0.25) is 14.4 Å². The molecule has 2 heterocycles. The number of alkyl halides is 5. The summed E-state index contributed by atoms with van der Waals surface area (Å²) in [6.45, 7) is -3.85. The number of ether oxygens (including phenoxy) is 2. The lowest BCUT2D eigenvalue weighted by Crippen LogP contribution is -2.44. The van der Waals surface area contributed by atoms with Gasteiger partial charge in [-0.15, -0.1) is 0 Å². The number of carbonyl (C=O) groups is 2. The zero-order valence-corrected chi connectivity index (χ0v) is 20.9. The molecule has 3 aromatic rings. The highest BCUT2D eigenvalue weighted by molar-refractivity contribution is 6.04. The number of nitrogens with zero attached hydrogens (tertiary/aromatic N) is 3. The standard InChI is InChI=1S/C26H23F5N4O5/c1-39-17-6-2-15(3-7-17)19-14-34(20-10-12-32-35(23(20)37)13-11-26(29,30)31)24(38)21(19)33-22(36)16-4-8-18(9-5-16)40-25(27)28/h2-10,12,19,21,25H,11,13-14H2,1H3,(H,33,36)/t19-,21?/m0/s1. The van der Waals surface area contributed by atoms with Crippen LogP contribution in [-0.2, 0) is 11.3 Å². The molecular weight excluding hydrogens is 543 g/mol. The van der Waals surface area contributed by atoms with Crippen LogP contribution in [0.5, 0.6) is 11.5 Å². The van der Waals surface area contributed by atoms with Gasteiger partial charge in [-0.05, 0) is 48.0 Å². The first-order valence-corrected chi connectivity index (χ1v) is 11.9. The van der Waals surface area contributed by atoms with E-state index in [0.717, 1.165) is 11.1 Å². The molecule has 0 saturated carbocycles. The zero-order chi connectivity index (χ0) is 29.0. The van der Waals surface area contributed by atoms with E-state index in [2.05, 4.69) is 15.2 Å². The molecule has 1 aliphatic heterocycles. The van der Waals surface area contributed by atoms with Crippen LogP contribution in [0.25, 0.3) is 0 Å². The molecule has 1 fully saturated rings. The van der Waals surface area contributed by atoms with Gasteiger partial charge in [-0.2, -0.15) is 27.1 Å². The third kappa shape index (κ3) is 6.55. The second kappa shape index (κ2) is 11.7. The van der Waals surface area contributed by atoms with Crippen molar-refractivity contribution in [3.63, 3.8) is 0 Å². The van der Waals surface area contributed by atoms with Gasteiger partial charge in [0.1, 0.15) is 23.2 Å². The molecule has 0 aliphatic carbocycles. The molecule has 4 rings (SSSR count). The van der Waals surface area contributed by atoms with Gasteiger partial charge in [0.25, 0.3) is 11.5 Å². The number of anilines is 1. The number of hydrogen-bond acceptors (Lipinski definition) is 6. The maximum atomic E-state index is 13.6. The molecule has 0 spiro atoms. The lowest BCUT2D eigenvalue weighted by molar-refractivity contribution is -0.137. The monoisotopic (exact) mass is 566 g/mol. The topological polar surface area (TPSA) is 103 Å². The van der Waals surface area contributed by atoms with Crippen LogP contribution in [0.15, 0.2) is 65.6 Å². The predicted molar refractivity (Wildman–Crippen MR) is 132 cm³/mol. The summed E-state index contributed by atoms with van der Waals surface area (Å²) in [5, 5.41) is 6.33. The first kappa shape index (κ1) is 28.5. The highest BCUT2D eigenvalue weighted by Crippen LogP contribution is 2.32. The third-order valence-corrected chi connectivity index (χ3v) is 6.28. The molecule has 1 aliphatic rings. The Kier molecular flexibility index (Phi) is 8.35. The second-order valence-corrected chi connectivity index (χ2v) is 8.79. The van der Waals surface area contributed by atoms with Crippen LogP contribution in [0.2, 0.25) is 0 Å². The number of halogens is 5. The Morgan fingerprint density at radius 1 is 1.05 bits per heavy atom. The van der Waals surface area contributed by atoms with E-state index in [1.165, 1.54) is 37.4 Å². The van der Waals surface area contributed by atoms with E-state index in [1.54, 1.807) is 24.3 Å². The molecule has 40 heavy (non-hydrogen) atoms. The van der Waals surface area contributed by atoms with E-state index in [-0.39, 0.29) is 23.5 Å². The summed E-state index contributed by atoms with van der Waals surface area (Å²) < 4.78 is 73.1. The molecule has 2 atom stereocenters. The van der Waals surface area contributed by atoms with Crippen molar-refractivity contribution in [1.82, 2.24) is 15.1 Å². The molecule has 1 unspecified atom stereocenters. The normalized spacial score (nSPS) is 17.3. The fourth-order valence-electron chi connectivity index (χ4n) is 4.31. The Bertz CT molecular complexity index is 1410. The smallest absolute Gasteiger partial charge is 0.390 e. The minimum atomic E-state index is -4.51. The molecule has 2 aromatic carbocycles. The van der Waals surface area contributed by atoms with Crippen LogP contribution in [0.3, 0.4) is 0 Å². The molecule has 1 saturated heterocycles. The fourth-order valence-corrected chi connectivity index (χ4v) is 4.31. The van der Waals surface area contributed by atoms with Crippen LogP contribution >= 0.6 is 0 Å². The summed E-state index contributed by atoms with van der Waals surface area (Å²) >= 11 is 0. The highest BCUT2D eigenvalue weighted by atomic mass is 19.4. The lowest BCUT2D eigenvalue weighted by atomic mass is 9.93. The largest absolute Gasteiger partial charge is 0.497 e. The number of hydrogen-bond donors (Lipinski definition) is 1. The Hall–Kier alpha value is -4.49. The van der Waals surface area contributed by atoms with Gasteiger partial charge in [0, 0.05) is 24.2 Å². The maximum Gasteiger partial charge on any atom is 0.390 e. The Labute approximate surface area is 224 Å². The van der Waals surface area contributed by atoms with E-state index in [4.69, 9.17) is 4.74 Å². The number of aromatic nitrogens is 2. The molecule has 0 bridgehead atoms. The Morgan fingerprint density at radius 2 is 1.70 bits per heavy atom. The van der Waals surface area contributed by atoms with Gasteiger partial charge in [0.05, 0.1) is 20.1 Å².